The van der Waals surface area contributed by atoms with Crippen LogP contribution in [0, 0.1) is 0 Å². The first-order valence-corrected chi connectivity index (χ1v) is 7.44. The van der Waals surface area contributed by atoms with Gasteiger partial charge in [0.1, 0.15) is 0 Å². The Morgan fingerprint density at radius 3 is 2.17 bits per heavy atom. The molecule has 3 amide bonds. The fraction of sp³-hybridized carbons (Fsp3) is 0.375. The van der Waals surface area contributed by atoms with E-state index in [0.29, 0.717) is 30.5 Å². The minimum atomic E-state index is -0.898. The molecule has 0 radical (unpaired) electrons. The van der Waals surface area contributed by atoms with Crippen LogP contribution in [-0.2, 0) is 9.59 Å². The predicted molar refractivity (Wildman–Crippen MR) is 80.9 cm³/mol. The molecule has 2 rings (SSSR count). The third kappa shape index (κ3) is 4.15. The highest BCUT2D eigenvalue weighted by Gasteiger charge is 2.34. The molecule has 0 saturated heterocycles. The third-order valence-corrected chi connectivity index (χ3v) is 3.55. The van der Waals surface area contributed by atoms with Crippen molar-refractivity contribution >= 4 is 23.7 Å². The minimum absolute atomic E-state index is 0.00925. The molecule has 2 N–H and O–H groups in total. The van der Waals surface area contributed by atoms with Gasteiger partial charge in [-0.3, -0.25) is 24.1 Å². The van der Waals surface area contributed by atoms with Gasteiger partial charge in [-0.1, -0.05) is 12.1 Å². The van der Waals surface area contributed by atoms with E-state index in [0.717, 1.165) is 4.90 Å². The second-order valence-corrected chi connectivity index (χ2v) is 5.26. The maximum absolute atomic E-state index is 12.1. The monoisotopic (exact) mass is 318 g/mol. The number of hydrogen-bond acceptors (Lipinski definition) is 4. The van der Waals surface area contributed by atoms with E-state index < -0.39 is 5.97 Å². The van der Waals surface area contributed by atoms with E-state index in [2.05, 4.69) is 5.32 Å². The van der Waals surface area contributed by atoms with Crippen LogP contribution >= 0.6 is 0 Å². The topological polar surface area (TPSA) is 104 Å². The number of fused-ring (bicyclic) bond motifs is 1. The number of imide groups is 1. The summed E-state index contributed by atoms with van der Waals surface area (Å²) in [6.07, 6.45) is 0.936. The fourth-order valence-corrected chi connectivity index (χ4v) is 2.40. The van der Waals surface area contributed by atoms with E-state index in [1.54, 1.807) is 24.3 Å². The van der Waals surface area contributed by atoms with Crippen LogP contribution in [0.1, 0.15) is 46.4 Å². The number of carbonyl (C=O) groups excluding carboxylic acids is 3. The minimum Gasteiger partial charge on any atom is -0.481 e. The maximum atomic E-state index is 12.1. The lowest BCUT2D eigenvalue weighted by atomic mass is 10.1. The molecule has 7 heteroatoms. The van der Waals surface area contributed by atoms with Crippen molar-refractivity contribution in [1.29, 1.82) is 0 Å². The second-order valence-electron chi connectivity index (χ2n) is 5.26. The highest BCUT2D eigenvalue weighted by atomic mass is 16.4. The average Bonchev–Trinajstić information content (AvgIpc) is 2.77. The van der Waals surface area contributed by atoms with E-state index in [1.165, 1.54) is 0 Å². The molecule has 1 heterocycles. The van der Waals surface area contributed by atoms with Crippen molar-refractivity contribution in [2.75, 3.05) is 13.1 Å². The molecule has 122 valence electrons. The van der Waals surface area contributed by atoms with Crippen LogP contribution in [0.15, 0.2) is 24.3 Å². The molecule has 0 atom stereocenters. The van der Waals surface area contributed by atoms with Gasteiger partial charge in [0.2, 0.25) is 5.91 Å². The number of carbonyl (C=O) groups is 4. The summed E-state index contributed by atoms with van der Waals surface area (Å²) in [5.41, 5.74) is 0.797. The Kier molecular flexibility index (Phi) is 5.46. The van der Waals surface area contributed by atoms with E-state index in [1.807, 2.05) is 0 Å². The smallest absolute Gasteiger partial charge is 0.303 e. The Morgan fingerprint density at radius 1 is 1.00 bits per heavy atom. The van der Waals surface area contributed by atoms with Gasteiger partial charge in [-0.05, 0) is 25.0 Å². The van der Waals surface area contributed by atoms with Gasteiger partial charge in [-0.25, -0.2) is 0 Å². The Morgan fingerprint density at radius 2 is 1.61 bits per heavy atom. The van der Waals surface area contributed by atoms with Crippen LogP contribution in [0.25, 0.3) is 0 Å². The van der Waals surface area contributed by atoms with Crippen LogP contribution in [0.2, 0.25) is 0 Å². The number of rotatable bonds is 8. The van der Waals surface area contributed by atoms with Crippen molar-refractivity contribution < 1.29 is 24.3 Å². The molecular weight excluding hydrogens is 300 g/mol. The number of carboxylic acid groups (broad SMARTS) is 1. The van der Waals surface area contributed by atoms with E-state index >= 15 is 0 Å². The summed E-state index contributed by atoms with van der Waals surface area (Å²) in [5, 5.41) is 11.1. The summed E-state index contributed by atoms with van der Waals surface area (Å²) in [6, 6.07) is 6.64. The summed E-state index contributed by atoms with van der Waals surface area (Å²) >= 11 is 0. The normalized spacial score (nSPS) is 13.1. The molecule has 0 bridgehead atoms. The van der Waals surface area contributed by atoms with Crippen LogP contribution < -0.4 is 5.32 Å². The van der Waals surface area contributed by atoms with Crippen LogP contribution in [0.4, 0.5) is 0 Å². The van der Waals surface area contributed by atoms with Crippen molar-refractivity contribution in [1.82, 2.24) is 10.2 Å². The van der Waals surface area contributed by atoms with Crippen molar-refractivity contribution in [3.8, 4) is 0 Å². The lowest BCUT2D eigenvalue weighted by Gasteiger charge is -2.13. The number of hydrogen-bond donors (Lipinski definition) is 2. The molecule has 23 heavy (non-hydrogen) atoms. The molecule has 0 aliphatic carbocycles. The SMILES string of the molecule is O=C(O)CCCNC(=O)CCCN1C(=O)c2ccccc2C1=O. The number of amides is 3. The van der Waals surface area contributed by atoms with Crippen LogP contribution in [-0.4, -0.2) is 46.8 Å². The Bertz CT molecular complexity index is 606. The van der Waals surface area contributed by atoms with Crippen molar-refractivity contribution in [2.24, 2.45) is 0 Å². The number of benzene rings is 1. The Labute approximate surface area is 133 Å². The van der Waals surface area contributed by atoms with Crippen molar-refractivity contribution in [3.63, 3.8) is 0 Å². The molecule has 1 aliphatic heterocycles. The van der Waals surface area contributed by atoms with Crippen molar-refractivity contribution in [3.05, 3.63) is 35.4 Å². The molecule has 1 aliphatic rings. The van der Waals surface area contributed by atoms with Crippen molar-refractivity contribution in [2.45, 2.75) is 25.7 Å². The van der Waals surface area contributed by atoms with Gasteiger partial charge in [0.25, 0.3) is 11.8 Å². The summed E-state index contributed by atoms with van der Waals surface area (Å²) in [6.45, 7) is 0.493. The van der Waals surface area contributed by atoms with Gasteiger partial charge >= 0.3 is 5.97 Å². The molecule has 0 saturated carbocycles. The first-order valence-electron chi connectivity index (χ1n) is 7.44. The summed E-state index contributed by atoms with van der Waals surface area (Å²) in [5.74, 6) is -1.77. The summed E-state index contributed by atoms with van der Waals surface area (Å²) in [4.78, 5) is 47.3. The van der Waals surface area contributed by atoms with Crippen LogP contribution in [0.5, 0.6) is 0 Å². The third-order valence-electron chi connectivity index (χ3n) is 3.55. The largest absolute Gasteiger partial charge is 0.481 e. The molecule has 1 aromatic rings. The quantitative estimate of drug-likeness (QED) is 0.550. The first-order chi connectivity index (χ1) is 11.0. The lowest BCUT2D eigenvalue weighted by molar-refractivity contribution is -0.137. The maximum Gasteiger partial charge on any atom is 0.303 e. The molecule has 0 unspecified atom stereocenters. The molecular formula is C16H18N2O5. The van der Waals surface area contributed by atoms with Crippen LogP contribution in [0.3, 0.4) is 0 Å². The van der Waals surface area contributed by atoms with Gasteiger partial charge in [0, 0.05) is 25.9 Å². The number of nitrogens with one attached hydrogen (secondary N) is 1. The zero-order chi connectivity index (χ0) is 16.8. The molecule has 1 aromatic carbocycles. The fourth-order valence-electron chi connectivity index (χ4n) is 2.40. The first kappa shape index (κ1) is 16.7. The number of carboxylic acids is 1. The number of nitrogens with zero attached hydrogens (tertiary/aromatic N) is 1. The average molecular weight is 318 g/mol. The van der Waals surface area contributed by atoms with Gasteiger partial charge in [-0.15, -0.1) is 0 Å². The lowest BCUT2D eigenvalue weighted by Crippen LogP contribution is -2.32. The zero-order valence-electron chi connectivity index (χ0n) is 12.6. The predicted octanol–water partition coefficient (Wildman–Crippen LogP) is 1.04. The van der Waals surface area contributed by atoms with Gasteiger partial charge in [0.15, 0.2) is 0 Å². The molecule has 7 nitrogen and oxygen atoms in total. The standard InChI is InChI=1S/C16H18N2O5/c19-13(17-9-3-8-14(20)21)7-4-10-18-15(22)11-5-1-2-6-12(11)16(18)23/h1-2,5-6H,3-4,7-10H2,(H,17,19)(H,20,21). The van der Waals surface area contributed by atoms with E-state index in [4.69, 9.17) is 5.11 Å². The summed E-state index contributed by atoms with van der Waals surface area (Å²) in [7, 11) is 0. The molecule has 0 aromatic heterocycles. The highest BCUT2D eigenvalue weighted by molar-refractivity contribution is 6.21. The highest BCUT2D eigenvalue weighted by Crippen LogP contribution is 2.22. The van der Waals surface area contributed by atoms with E-state index in [-0.39, 0.29) is 37.1 Å². The Balaban J connectivity index is 1.73. The molecule has 0 spiro atoms. The van der Waals surface area contributed by atoms with E-state index in [9.17, 15) is 19.2 Å². The zero-order valence-corrected chi connectivity index (χ0v) is 12.6. The van der Waals surface area contributed by atoms with Gasteiger partial charge in [0.05, 0.1) is 11.1 Å². The summed E-state index contributed by atoms with van der Waals surface area (Å²) < 4.78 is 0. The second kappa shape index (κ2) is 7.53. The number of aliphatic carboxylic acids is 1. The Hall–Kier alpha value is -2.70. The molecule has 0 fully saturated rings. The van der Waals surface area contributed by atoms with Gasteiger partial charge < -0.3 is 10.4 Å². The van der Waals surface area contributed by atoms with Gasteiger partial charge in [-0.2, -0.15) is 0 Å².